The van der Waals surface area contributed by atoms with E-state index in [0.29, 0.717) is 17.2 Å². The predicted octanol–water partition coefficient (Wildman–Crippen LogP) is -0.844. The second kappa shape index (κ2) is 2.70. The number of amides is 1. The lowest BCUT2D eigenvalue weighted by molar-refractivity contribution is -0.132. The molecule has 3 aliphatic rings. The molecule has 3 rings (SSSR count). The quantitative estimate of drug-likeness (QED) is 0.573. The number of likely N-dealkylation sites (tertiary alicyclic amines) is 1. The van der Waals surface area contributed by atoms with Gasteiger partial charge in [-0.15, -0.1) is 0 Å². The second-order valence-corrected chi connectivity index (χ2v) is 5.06. The van der Waals surface area contributed by atoms with Crippen LogP contribution in [-0.4, -0.2) is 43.0 Å². The van der Waals surface area contributed by atoms with Gasteiger partial charge in [0.1, 0.15) is 0 Å². The van der Waals surface area contributed by atoms with Crippen LogP contribution in [0, 0.1) is 11.3 Å². The summed E-state index contributed by atoms with van der Waals surface area (Å²) in [5, 5.41) is 3.25. The fraction of sp³-hybridized carbons (Fsp3) is 0.900. The highest BCUT2D eigenvalue weighted by Gasteiger charge is 2.62. The Morgan fingerprint density at radius 1 is 1.50 bits per heavy atom. The van der Waals surface area contributed by atoms with Crippen molar-refractivity contribution >= 4 is 5.91 Å². The molecule has 2 saturated heterocycles. The second-order valence-electron chi connectivity index (χ2n) is 5.06. The van der Waals surface area contributed by atoms with E-state index in [1.54, 1.807) is 0 Å². The predicted molar refractivity (Wildman–Crippen MR) is 52.6 cm³/mol. The van der Waals surface area contributed by atoms with Crippen molar-refractivity contribution in [2.24, 2.45) is 17.1 Å². The lowest BCUT2D eigenvalue weighted by Gasteiger charge is -2.29. The first-order valence-electron chi connectivity index (χ1n) is 5.46. The Hall–Kier alpha value is -0.610. The number of hydrogen-bond donors (Lipinski definition) is 2. The van der Waals surface area contributed by atoms with E-state index in [-0.39, 0.29) is 6.04 Å². The summed E-state index contributed by atoms with van der Waals surface area (Å²) in [6.07, 6.45) is 2.08. The first-order valence-corrected chi connectivity index (χ1v) is 5.46. The number of nitrogens with zero attached hydrogens (tertiary/aromatic N) is 1. The Balaban J connectivity index is 1.61. The summed E-state index contributed by atoms with van der Waals surface area (Å²) in [6.45, 7) is 3.74. The maximum atomic E-state index is 12.0. The standard InChI is InChI=1S/C10H17N3O/c11-7-1-2-13(4-7)9(14)8-3-10(8)5-12-6-10/h7-8,12H,1-6,11H2/t7-,8?/m1/s1. The molecule has 0 aromatic rings. The van der Waals surface area contributed by atoms with Crippen LogP contribution in [0.4, 0.5) is 0 Å². The van der Waals surface area contributed by atoms with E-state index in [9.17, 15) is 4.79 Å². The lowest BCUT2D eigenvalue weighted by atomic mass is 9.96. The Bertz CT molecular complexity index is 269. The molecule has 0 aromatic carbocycles. The molecule has 0 radical (unpaired) electrons. The van der Waals surface area contributed by atoms with E-state index in [1.165, 1.54) is 0 Å². The maximum Gasteiger partial charge on any atom is 0.226 e. The lowest BCUT2D eigenvalue weighted by Crippen LogP contribution is -2.47. The zero-order valence-corrected chi connectivity index (χ0v) is 8.33. The molecule has 14 heavy (non-hydrogen) atoms. The van der Waals surface area contributed by atoms with Gasteiger partial charge in [-0.05, 0) is 12.8 Å². The van der Waals surface area contributed by atoms with Gasteiger partial charge < -0.3 is 16.0 Å². The van der Waals surface area contributed by atoms with E-state index < -0.39 is 0 Å². The molecule has 3 N–H and O–H groups in total. The number of nitrogens with two attached hydrogens (primary N) is 1. The Kier molecular flexibility index (Phi) is 1.67. The van der Waals surface area contributed by atoms with Gasteiger partial charge in [-0.3, -0.25) is 4.79 Å². The van der Waals surface area contributed by atoms with Crippen LogP contribution in [0.15, 0.2) is 0 Å². The molecule has 4 nitrogen and oxygen atoms in total. The molecule has 1 spiro atoms. The van der Waals surface area contributed by atoms with E-state index in [2.05, 4.69) is 5.32 Å². The molecular formula is C10H17N3O. The Morgan fingerprint density at radius 3 is 2.71 bits per heavy atom. The van der Waals surface area contributed by atoms with Gasteiger partial charge in [-0.25, -0.2) is 0 Å². The molecule has 3 fully saturated rings. The number of hydrogen-bond acceptors (Lipinski definition) is 3. The monoisotopic (exact) mass is 195 g/mol. The SMILES string of the molecule is N[C@@H]1CCN(C(=O)C2CC23CNC3)C1. The van der Waals surface area contributed by atoms with Crippen LogP contribution in [0.3, 0.4) is 0 Å². The van der Waals surface area contributed by atoms with Gasteiger partial charge >= 0.3 is 0 Å². The van der Waals surface area contributed by atoms with Gasteiger partial charge in [0, 0.05) is 43.6 Å². The van der Waals surface area contributed by atoms with Crippen LogP contribution in [-0.2, 0) is 4.79 Å². The summed E-state index contributed by atoms with van der Waals surface area (Å²) in [6, 6.07) is 0.216. The Labute approximate surface area is 83.8 Å². The first-order chi connectivity index (χ1) is 6.71. The van der Waals surface area contributed by atoms with Gasteiger partial charge in [-0.1, -0.05) is 0 Å². The third kappa shape index (κ3) is 1.10. The van der Waals surface area contributed by atoms with Crippen LogP contribution in [0.1, 0.15) is 12.8 Å². The van der Waals surface area contributed by atoms with Gasteiger partial charge in [0.2, 0.25) is 5.91 Å². The van der Waals surface area contributed by atoms with Crippen LogP contribution in [0.25, 0.3) is 0 Å². The van der Waals surface area contributed by atoms with E-state index in [1.807, 2.05) is 4.90 Å². The minimum absolute atomic E-state index is 0.216. The van der Waals surface area contributed by atoms with Crippen LogP contribution in [0.5, 0.6) is 0 Å². The third-order valence-corrected chi connectivity index (χ3v) is 3.98. The molecular weight excluding hydrogens is 178 g/mol. The zero-order chi connectivity index (χ0) is 9.76. The van der Waals surface area contributed by atoms with E-state index in [0.717, 1.165) is 39.0 Å². The summed E-state index contributed by atoms with van der Waals surface area (Å²) >= 11 is 0. The van der Waals surface area contributed by atoms with Crippen molar-refractivity contribution < 1.29 is 4.79 Å². The summed E-state index contributed by atoms with van der Waals surface area (Å²) in [4.78, 5) is 14.0. The van der Waals surface area contributed by atoms with E-state index >= 15 is 0 Å². The summed E-state index contributed by atoms with van der Waals surface area (Å²) in [7, 11) is 0. The molecule has 1 amide bonds. The van der Waals surface area contributed by atoms with Crippen molar-refractivity contribution in [2.75, 3.05) is 26.2 Å². The highest BCUT2D eigenvalue weighted by molar-refractivity contribution is 5.83. The molecule has 4 heteroatoms. The van der Waals surface area contributed by atoms with Crippen molar-refractivity contribution in [3.8, 4) is 0 Å². The zero-order valence-electron chi connectivity index (χ0n) is 8.33. The third-order valence-electron chi connectivity index (χ3n) is 3.98. The molecule has 1 aliphatic carbocycles. The molecule has 0 aromatic heterocycles. The van der Waals surface area contributed by atoms with Crippen molar-refractivity contribution in [3.63, 3.8) is 0 Å². The van der Waals surface area contributed by atoms with Crippen LogP contribution < -0.4 is 11.1 Å². The van der Waals surface area contributed by atoms with Gasteiger partial charge in [0.25, 0.3) is 0 Å². The van der Waals surface area contributed by atoms with Crippen LogP contribution in [0.2, 0.25) is 0 Å². The van der Waals surface area contributed by atoms with Crippen molar-refractivity contribution in [2.45, 2.75) is 18.9 Å². The maximum absolute atomic E-state index is 12.0. The van der Waals surface area contributed by atoms with E-state index in [4.69, 9.17) is 5.73 Å². The molecule has 0 bridgehead atoms. The molecule has 2 heterocycles. The minimum Gasteiger partial charge on any atom is -0.341 e. The average molecular weight is 195 g/mol. The molecule has 1 unspecified atom stereocenters. The first kappa shape index (κ1) is 8.68. The normalized spacial score (nSPS) is 38.5. The molecule has 1 saturated carbocycles. The van der Waals surface area contributed by atoms with Crippen molar-refractivity contribution in [1.29, 1.82) is 0 Å². The highest BCUT2D eigenvalue weighted by atomic mass is 16.2. The van der Waals surface area contributed by atoms with Gasteiger partial charge in [-0.2, -0.15) is 0 Å². The number of nitrogens with one attached hydrogen (secondary N) is 1. The fourth-order valence-corrected chi connectivity index (χ4v) is 2.74. The smallest absolute Gasteiger partial charge is 0.226 e. The van der Waals surface area contributed by atoms with Crippen molar-refractivity contribution in [1.82, 2.24) is 10.2 Å². The minimum atomic E-state index is 0.216. The number of carbonyl (C=O) groups is 1. The summed E-state index contributed by atoms with van der Waals surface area (Å²) in [5.74, 6) is 0.675. The topological polar surface area (TPSA) is 58.4 Å². The molecule has 2 aliphatic heterocycles. The summed E-state index contributed by atoms with van der Waals surface area (Å²) in [5.41, 5.74) is 6.16. The molecule has 2 atom stereocenters. The van der Waals surface area contributed by atoms with Crippen molar-refractivity contribution in [3.05, 3.63) is 0 Å². The van der Waals surface area contributed by atoms with Gasteiger partial charge in [0.05, 0.1) is 0 Å². The fourth-order valence-electron chi connectivity index (χ4n) is 2.74. The van der Waals surface area contributed by atoms with Gasteiger partial charge in [0.15, 0.2) is 0 Å². The number of carbonyl (C=O) groups excluding carboxylic acids is 1. The summed E-state index contributed by atoms with van der Waals surface area (Å²) < 4.78 is 0. The largest absolute Gasteiger partial charge is 0.341 e. The number of rotatable bonds is 1. The highest BCUT2D eigenvalue weighted by Crippen LogP contribution is 2.56. The van der Waals surface area contributed by atoms with Crippen LogP contribution >= 0.6 is 0 Å². The average Bonchev–Trinajstić information content (AvgIpc) is 2.75. The molecule has 78 valence electrons. The Morgan fingerprint density at radius 2 is 2.29 bits per heavy atom.